The molecule has 194 valence electrons. The Labute approximate surface area is 206 Å². The van der Waals surface area contributed by atoms with Gasteiger partial charge in [-0.1, -0.05) is 55.4 Å². The third-order valence-corrected chi connectivity index (χ3v) is 10.7. The second kappa shape index (κ2) is 10.9. The van der Waals surface area contributed by atoms with Gasteiger partial charge in [-0.05, 0) is 118 Å². The van der Waals surface area contributed by atoms with E-state index in [9.17, 15) is 4.39 Å². The summed E-state index contributed by atoms with van der Waals surface area (Å²) in [5.41, 5.74) is 0.305. The van der Waals surface area contributed by atoms with E-state index in [2.05, 4.69) is 65.2 Å². The first kappa shape index (κ1) is 27.4. The van der Waals surface area contributed by atoms with Crippen molar-refractivity contribution >= 4 is 0 Å². The van der Waals surface area contributed by atoms with Gasteiger partial charge >= 0.3 is 0 Å². The number of piperidine rings is 2. The van der Waals surface area contributed by atoms with Crippen LogP contribution < -0.4 is 0 Å². The summed E-state index contributed by atoms with van der Waals surface area (Å²) < 4.78 is 13.8. The zero-order valence-electron chi connectivity index (χ0n) is 23.6. The summed E-state index contributed by atoms with van der Waals surface area (Å²) in [6.07, 6.45) is 9.93. The first-order valence-electron chi connectivity index (χ1n) is 14.6. The Morgan fingerprint density at radius 2 is 0.970 bits per heavy atom. The van der Waals surface area contributed by atoms with Crippen LogP contribution in [0.15, 0.2) is 0 Å². The van der Waals surface area contributed by atoms with E-state index in [0.29, 0.717) is 17.4 Å². The molecule has 3 heteroatoms. The molecule has 0 spiro atoms. The molecule has 2 heterocycles. The lowest BCUT2D eigenvalue weighted by atomic mass is 9.63. The average molecular weight is 465 g/mol. The number of nitrogens with zero attached hydrogens (tertiary/aromatic N) is 2. The van der Waals surface area contributed by atoms with Crippen LogP contribution in [0.5, 0.6) is 0 Å². The maximum Gasteiger partial charge on any atom is 0.123 e. The van der Waals surface area contributed by atoms with Crippen molar-refractivity contribution in [1.29, 1.82) is 0 Å². The molecular weight excluding hydrogens is 407 g/mol. The van der Waals surface area contributed by atoms with Crippen LogP contribution in [-0.2, 0) is 0 Å². The molecule has 4 fully saturated rings. The molecule has 0 aromatic heterocycles. The first-order chi connectivity index (χ1) is 15.4. The van der Waals surface area contributed by atoms with E-state index >= 15 is 0 Å². The Hall–Kier alpha value is -0.150. The fourth-order valence-corrected chi connectivity index (χ4v) is 7.28. The standard InChI is InChI=1S/C15H28FN.C15H29N/c1-12(2)15(13(3)4)7-9-17(10-8-15)11-14(16)5-6-14;1-12(2)15(13(3)4)7-9-16(10-8-15)11-14-5-6-14/h12-13H,5-11H2,1-4H3;12-14H,5-11H2,1-4H3. The molecular formula is C30H57FN2. The van der Waals surface area contributed by atoms with Crippen LogP contribution in [0.3, 0.4) is 0 Å². The van der Waals surface area contributed by atoms with Crippen LogP contribution in [0.25, 0.3) is 0 Å². The quantitative estimate of drug-likeness (QED) is 0.363. The van der Waals surface area contributed by atoms with Crippen molar-refractivity contribution in [3.63, 3.8) is 0 Å². The molecule has 0 bridgehead atoms. The van der Waals surface area contributed by atoms with E-state index in [-0.39, 0.29) is 0 Å². The normalized spacial score (nSPS) is 27.2. The predicted molar refractivity (Wildman–Crippen MR) is 141 cm³/mol. The van der Waals surface area contributed by atoms with E-state index < -0.39 is 5.67 Å². The molecule has 2 aliphatic heterocycles. The maximum absolute atomic E-state index is 13.8. The van der Waals surface area contributed by atoms with Crippen molar-refractivity contribution in [2.24, 2.45) is 40.4 Å². The Morgan fingerprint density at radius 3 is 1.27 bits per heavy atom. The number of halogens is 1. The van der Waals surface area contributed by atoms with Gasteiger partial charge in [-0.25, -0.2) is 4.39 Å². The highest BCUT2D eigenvalue weighted by atomic mass is 19.1. The maximum atomic E-state index is 13.8. The van der Waals surface area contributed by atoms with E-state index in [0.717, 1.165) is 55.5 Å². The Bertz CT molecular complexity index is 566. The highest BCUT2D eigenvalue weighted by molar-refractivity contribution is 4.99. The van der Waals surface area contributed by atoms with E-state index in [1.54, 1.807) is 0 Å². The summed E-state index contributed by atoms with van der Waals surface area (Å²) in [6.45, 7) is 26.1. The highest BCUT2D eigenvalue weighted by Gasteiger charge is 2.47. The summed E-state index contributed by atoms with van der Waals surface area (Å²) in [5.74, 6) is 4.23. The van der Waals surface area contributed by atoms with Crippen molar-refractivity contribution in [2.45, 2.75) is 112 Å². The fraction of sp³-hybridized carbons (Fsp3) is 1.00. The average Bonchev–Trinajstić information content (AvgIpc) is 3.68. The van der Waals surface area contributed by atoms with Crippen LogP contribution >= 0.6 is 0 Å². The lowest BCUT2D eigenvalue weighted by Crippen LogP contribution is -2.47. The van der Waals surface area contributed by atoms with E-state index in [1.807, 2.05) is 0 Å². The molecule has 0 unspecified atom stereocenters. The zero-order chi connectivity index (χ0) is 24.4. The number of alkyl halides is 1. The van der Waals surface area contributed by atoms with Crippen LogP contribution in [-0.4, -0.2) is 54.7 Å². The minimum Gasteiger partial charge on any atom is -0.303 e. The van der Waals surface area contributed by atoms with Crippen LogP contribution in [0.4, 0.5) is 4.39 Å². The summed E-state index contributed by atoms with van der Waals surface area (Å²) in [7, 11) is 0. The minimum atomic E-state index is -0.810. The van der Waals surface area contributed by atoms with Gasteiger partial charge in [0.2, 0.25) is 0 Å². The zero-order valence-corrected chi connectivity index (χ0v) is 23.6. The molecule has 0 N–H and O–H groups in total. The first-order valence-corrected chi connectivity index (χ1v) is 14.6. The predicted octanol–water partition coefficient (Wildman–Crippen LogP) is 7.67. The van der Waals surface area contributed by atoms with Gasteiger partial charge in [-0.3, -0.25) is 0 Å². The van der Waals surface area contributed by atoms with E-state index in [1.165, 1.54) is 58.2 Å². The van der Waals surface area contributed by atoms with Gasteiger partial charge in [-0.15, -0.1) is 0 Å². The van der Waals surface area contributed by atoms with Gasteiger partial charge in [-0.2, -0.15) is 0 Å². The third kappa shape index (κ3) is 6.75. The Kier molecular flexibility index (Phi) is 9.02. The fourth-order valence-electron chi connectivity index (χ4n) is 7.28. The molecule has 4 rings (SSSR count). The second-order valence-electron chi connectivity index (χ2n) is 13.8. The Morgan fingerprint density at radius 1 is 0.606 bits per heavy atom. The molecule has 2 nitrogen and oxygen atoms in total. The topological polar surface area (TPSA) is 6.48 Å². The molecule has 4 aliphatic rings. The van der Waals surface area contributed by atoms with Gasteiger partial charge in [0.15, 0.2) is 0 Å². The highest BCUT2D eigenvalue weighted by Crippen LogP contribution is 2.47. The minimum absolute atomic E-state index is 0.490. The van der Waals surface area contributed by atoms with E-state index in [4.69, 9.17) is 0 Å². The SMILES string of the molecule is CC(C)C1(C(C)C)CCN(CC2(F)CC2)CC1.CC(C)C1(C(C)C)CCN(CC2CC2)CC1. The lowest BCUT2D eigenvalue weighted by molar-refractivity contribution is 0.00976. The number of likely N-dealkylation sites (tertiary alicyclic amines) is 2. The van der Waals surface area contributed by atoms with Gasteiger partial charge in [0.1, 0.15) is 5.67 Å². The van der Waals surface area contributed by atoms with Crippen molar-refractivity contribution < 1.29 is 4.39 Å². The summed E-state index contributed by atoms with van der Waals surface area (Å²) >= 11 is 0. The third-order valence-electron chi connectivity index (χ3n) is 10.7. The van der Waals surface area contributed by atoms with Crippen molar-refractivity contribution in [3.8, 4) is 0 Å². The molecule has 2 saturated carbocycles. The Balaban J connectivity index is 0.000000186. The largest absolute Gasteiger partial charge is 0.303 e. The van der Waals surface area contributed by atoms with Crippen LogP contribution in [0, 0.1) is 40.4 Å². The monoisotopic (exact) mass is 464 g/mol. The number of hydrogen-bond donors (Lipinski definition) is 0. The van der Waals surface area contributed by atoms with Crippen LogP contribution in [0.2, 0.25) is 0 Å². The molecule has 2 saturated heterocycles. The van der Waals surface area contributed by atoms with Crippen molar-refractivity contribution in [3.05, 3.63) is 0 Å². The van der Waals surface area contributed by atoms with Crippen molar-refractivity contribution in [2.75, 3.05) is 39.3 Å². The summed E-state index contributed by atoms with van der Waals surface area (Å²) in [6, 6.07) is 0. The van der Waals surface area contributed by atoms with Crippen molar-refractivity contribution in [1.82, 2.24) is 9.80 Å². The molecule has 0 aromatic carbocycles. The van der Waals surface area contributed by atoms with Crippen LogP contribution in [0.1, 0.15) is 107 Å². The van der Waals surface area contributed by atoms with Gasteiger partial charge in [0.05, 0.1) is 0 Å². The molecule has 2 aliphatic carbocycles. The molecule has 0 radical (unpaired) electrons. The molecule has 0 atom stereocenters. The van der Waals surface area contributed by atoms with Gasteiger partial charge in [0, 0.05) is 13.1 Å². The number of rotatable bonds is 8. The summed E-state index contributed by atoms with van der Waals surface area (Å²) in [4.78, 5) is 5.08. The molecule has 0 amide bonds. The lowest BCUT2D eigenvalue weighted by Gasteiger charge is -2.48. The van der Waals surface area contributed by atoms with Gasteiger partial charge < -0.3 is 9.80 Å². The smallest absolute Gasteiger partial charge is 0.123 e. The molecule has 0 aromatic rings. The number of hydrogen-bond acceptors (Lipinski definition) is 2. The summed E-state index contributed by atoms with van der Waals surface area (Å²) in [5, 5.41) is 0. The van der Waals surface area contributed by atoms with Gasteiger partial charge in [0.25, 0.3) is 0 Å². The molecule has 33 heavy (non-hydrogen) atoms. The second-order valence-corrected chi connectivity index (χ2v) is 13.8.